The van der Waals surface area contributed by atoms with E-state index in [2.05, 4.69) is 21.8 Å². The van der Waals surface area contributed by atoms with Crippen molar-refractivity contribution < 1.29 is 0 Å². The summed E-state index contributed by atoms with van der Waals surface area (Å²) in [5.41, 5.74) is 5.78. The summed E-state index contributed by atoms with van der Waals surface area (Å²) in [5.74, 6) is 2.67. The molecule has 2 N–H and O–H groups in total. The van der Waals surface area contributed by atoms with Gasteiger partial charge in [-0.1, -0.05) is 18.7 Å². The Bertz CT molecular complexity index is 372. The van der Waals surface area contributed by atoms with Crippen LogP contribution in [-0.4, -0.2) is 40.3 Å². The monoisotopic (exact) mass is 256 g/mol. The second-order valence-corrected chi connectivity index (χ2v) is 6.08. The van der Waals surface area contributed by atoms with Gasteiger partial charge in [0.25, 0.3) is 0 Å². The van der Waals surface area contributed by atoms with Crippen molar-refractivity contribution in [1.29, 1.82) is 0 Å². The molecule has 0 aromatic carbocycles. The quantitative estimate of drug-likeness (QED) is 0.642. The molecule has 4 nitrogen and oxygen atoms in total. The van der Waals surface area contributed by atoms with Gasteiger partial charge in [-0.2, -0.15) is 11.8 Å². The molecule has 2 heterocycles. The molecule has 1 unspecified atom stereocenters. The highest BCUT2D eigenvalue weighted by atomic mass is 32.2. The maximum absolute atomic E-state index is 5.78. The first-order valence-electron chi connectivity index (χ1n) is 5.24. The van der Waals surface area contributed by atoms with E-state index in [0.29, 0.717) is 11.1 Å². The van der Waals surface area contributed by atoms with E-state index in [9.17, 15) is 0 Å². The van der Waals surface area contributed by atoms with Gasteiger partial charge >= 0.3 is 0 Å². The first-order valence-corrected chi connectivity index (χ1v) is 7.51. The van der Waals surface area contributed by atoms with Crippen molar-refractivity contribution in [3.05, 3.63) is 6.07 Å². The van der Waals surface area contributed by atoms with Crippen LogP contribution in [0, 0.1) is 0 Å². The molecule has 1 aliphatic heterocycles. The van der Waals surface area contributed by atoms with Gasteiger partial charge in [-0.3, -0.25) is 0 Å². The second-order valence-electron chi connectivity index (χ2n) is 3.77. The minimum Gasteiger partial charge on any atom is -0.383 e. The molecule has 88 valence electrons. The Labute approximate surface area is 104 Å². The summed E-state index contributed by atoms with van der Waals surface area (Å²) >= 11 is 3.54. The maximum atomic E-state index is 5.78. The predicted molar refractivity (Wildman–Crippen MR) is 72.4 cm³/mol. The molecule has 1 aromatic rings. The van der Waals surface area contributed by atoms with Crippen molar-refractivity contribution in [1.82, 2.24) is 9.97 Å². The molecule has 1 fully saturated rings. The molecule has 1 aromatic heterocycles. The first-order chi connectivity index (χ1) is 7.69. The third-order valence-electron chi connectivity index (χ3n) is 2.46. The summed E-state index contributed by atoms with van der Waals surface area (Å²) in [7, 11) is 0. The Morgan fingerprint density at radius 1 is 1.56 bits per heavy atom. The van der Waals surface area contributed by atoms with Crippen molar-refractivity contribution in [2.75, 3.05) is 35.7 Å². The van der Waals surface area contributed by atoms with E-state index >= 15 is 0 Å². The van der Waals surface area contributed by atoms with E-state index in [1.807, 2.05) is 24.1 Å². The number of hydrogen-bond donors (Lipinski definition) is 1. The number of nitrogens with two attached hydrogens (primary N) is 1. The number of nitrogen functional groups attached to an aromatic ring is 1. The van der Waals surface area contributed by atoms with Gasteiger partial charge in [-0.05, 0) is 6.26 Å². The molecule has 6 heteroatoms. The van der Waals surface area contributed by atoms with Gasteiger partial charge in [0, 0.05) is 30.2 Å². The number of nitrogens with zero attached hydrogens (tertiary/aromatic N) is 3. The van der Waals surface area contributed by atoms with Crippen molar-refractivity contribution in [3.63, 3.8) is 0 Å². The molecule has 0 radical (unpaired) electrons. The normalized spacial score (nSPS) is 21.1. The van der Waals surface area contributed by atoms with Gasteiger partial charge in [0.2, 0.25) is 0 Å². The summed E-state index contributed by atoms with van der Waals surface area (Å²) < 4.78 is 0. The highest BCUT2D eigenvalue weighted by Gasteiger charge is 2.18. The van der Waals surface area contributed by atoms with Crippen LogP contribution in [0.5, 0.6) is 0 Å². The van der Waals surface area contributed by atoms with Crippen molar-refractivity contribution in [3.8, 4) is 0 Å². The topological polar surface area (TPSA) is 55.0 Å². The first kappa shape index (κ1) is 11.9. The van der Waals surface area contributed by atoms with Crippen LogP contribution in [0.15, 0.2) is 11.2 Å². The molecular formula is C10H16N4S2. The molecule has 0 spiro atoms. The van der Waals surface area contributed by atoms with Gasteiger partial charge in [-0.15, -0.1) is 0 Å². The maximum Gasteiger partial charge on any atom is 0.191 e. The molecule has 1 aliphatic rings. The highest BCUT2D eigenvalue weighted by Crippen LogP contribution is 2.24. The molecule has 16 heavy (non-hydrogen) atoms. The van der Waals surface area contributed by atoms with Crippen LogP contribution >= 0.6 is 23.5 Å². The summed E-state index contributed by atoms with van der Waals surface area (Å²) in [6, 6.07) is 1.86. The summed E-state index contributed by atoms with van der Waals surface area (Å²) in [4.78, 5) is 11.0. The minimum atomic E-state index is 0.556. The van der Waals surface area contributed by atoms with E-state index in [-0.39, 0.29) is 0 Å². The standard InChI is InChI=1S/C10H16N4S2/c1-7-6-14(3-4-16-7)9-5-8(11)12-10(13-9)15-2/h5,7H,3-4,6H2,1-2H3,(H2,11,12,13). The van der Waals surface area contributed by atoms with Gasteiger partial charge in [0.05, 0.1) is 0 Å². The molecule has 0 aliphatic carbocycles. The highest BCUT2D eigenvalue weighted by molar-refractivity contribution is 8.00. The number of rotatable bonds is 2. The fourth-order valence-electron chi connectivity index (χ4n) is 1.71. The van der Waals surface area contributed by atoms with Crippen LogP contribution in [0.1, 0.15) is 6.92 Å². The zero-order valence-corrected chi connectivity index (χ0v) is 11.1. The average molecular weight is 256 g/mol. The fraction of sp³-hybridized carbons (Fsp3) is 0.600. The molecule has 2 rings (SSSR count). The van der Waals surface area contributed by atoms with Gasteiger partial charge < -0.3 is 10.6 Å². The van der Waals surface area contributed by atoms with Crippen LogP contribution < -0.4 is 10.6 Å². The van der Waals surface area contributed by atoms with E-state index < -0.39 is 0 Å². The molecule has 0 saturated carbocycles. The fourth-order valence-corrected chi connectivity index (χ4v) is 3.11. The van der Waals surface area contributed by atoms with Crippen molar-refractivity contribution in [2.24, 2.45) is 0 Å². The zero-order valence-electron chi connectivity index (χ0n) is 9.51. The molecule has 0 bridgehead atoms. The van der Waals surface area contributed by atoms with E-state index in [0.717, 1.165) is 29.8 Å². The predicted octanol–water partition coefficient (Wildman–Crippen LogP) is 1.72. The number of thioether (sulfide) groups is 2. The Balaban J connectivity index is 2.21. The van der Waals surface area contributed by atoms with E-state index in [4.69, 9.17) is 5.73 Å². The average Bonchev–Trinajstić information content (AvgIpc) is 2.28. The lowest BCUT2D eigenvalue weighted by Crippen LogP contribution is -2.37. The smallest absolute Gasteiger partial charge is 0.191 e. The lowest BCUT2D eigenvalue weighted by molar-refractivity contribution is 0.758. The van der Waals surface area contributed by atoms with Crippen LogP contribution in [-0.2, 0) is 0 Å². The summed E-state index contributed by atoms with van der Waals surface area (Å²) in [5, 5.41) is 1.41. The Hall–Kier alpha value is -0.620. The Kier molecular flexibility index (Phi) is 3.81. The van der Waals surface area contributed by atoms with E-state index in [1.165, 1.54) is 11.8 Å². The van der Waals surface area contributed by atoms with Crippen LogP contribution in [0.4, 0.5) is 11.6 Å². The second kappa shape index (κ2) is 5.14. The molecule has 1 saturated heterocycles. The minimum absolute atomic E-state index is 0.556. The van der Waals surface area contributed by atoms with Crippen molar-refractivity contribution in [2.45, 2.75) is 17.3 Å². The van der Waals surface area contributed by atoms with Crippen LogP contribution in [0.2, 0.25) is 0 Å². The lowest BCUT2D eigenvalue weighted by Gasteiger charge is -2.31. The summed E-state index contributed by atoms with van der Waals surface area (Å²) in [6.07, 6.45) is 1.97. The van der Waals surface area contributed by atoms with Gasteiger partial charge in [-0.25, -0.2) is 9.97 Å². The SMILES string of the molecule is CSc1nc(N)cc(N2CCSC(C)C2)n1. The van der Waals surface area contributed by atoms with Gasteiger partial charge in [0.1, 0.15) is 11.6 Å². The Morgan fingerprint density at radius 3 is 3.06 bits per heavy atom. The molecule has 1 atom stereocenters. The van der Waals surface area contributed by atoms with Crippen LogP contribution in [0.3, 0.4) is 0 Å². The lowest BCUT2D eigenvalue weighted by atomic mass is 10.3. The van der Waals surface area contributed by atoms with Crippen LogP contribution in [0.25, 0.3) is 0 Å². The van der Waals surface area contributed by atoms with Crippen molar-refractivity contribution >= 4 is 35.2 Å². The number of hydrogen-bond acceptors (Lipinski definition) is 6. The van der Waals surface area contributed by atoms with E-state index in [1.54, 1.807) is 0 Å². The largest absolute Gasteiger partial charge is 0.383 e. The number of aromatic nitrogens is 2. The Morgan fingerprint density at radius 2 is 2.38 bits per heavy atom. The third-order valence-corrected chi connectivity index (χ3v) is 4.14. The summed E-state index contributed by atoms with van der Waals surface area (Å²) in [6.45, 7) is 4.32. The third kappa shape index (κ3) is 2.74. The zero-order chi connectivity index (χ0) is 11.5. The molecular weight excluding hydrogens is 240 g/mol. The number of anilines is 2. The van der Waals surface area contributed by atoms with Gasteiger partial charge in [0.15, 0.2) is 5.16 Å². The molecule has 0 amide bonds.